The minimum atomic E-state index is 0.750. The second-order valence-corrected chi connectivity index (χ2v) is 11.2. The van der Waals surface area contributed by atoms with Gasteiger partial charge in [0.15, 0.2) is 0 Å². The van der Waals surface area contributed by atoms with Crippen LogP contribution in [0.15, 0.2) is 97.1 Å². The van der Waals surface area contributed by atoms with Gasteiger partial charge < -0.3 is 19.7 Å². The largest absolute Gasteiger partial charge is 0.497 e. The van der Waals surface area contributed by atoms with E-state index in [1.54, 1.807) is 14.2 Å². The molecule has 0 atom stereocenters. The Morgan fingerprint density at radius 2 is 1.14 bits per heavy atom. The van der Waals surface area contributed by atoms with Crippen LogP contribution in [0.1, 0.15) is 18.6 Å². The van der Waals surface area contributed by atoms with Gasteiger partial charge in [-0.3, -0.25) is 0 Å². The Morgan fingerprint density at radius 1 is 0.659 bits per heavy atom. The van der Waals surface area contributed by atoms with Gasteiger partial charge >= 0.3 is 0 Å². The molecule has 1 N–H and O–H groups in total. The van der Waals surface area contributed by atoms with Crippen LogP contribution in [0.25, 0.3) is 21.8 Å². The summed E-state index contributed by atoms with van der Waals surface area (Å²) in [5.41, 5.74) is 3.92. The molecule has 9 heteroatoms. The number of hydrogen-bond donors (Lipinski definition) is 1. The number of nitrogens with one attached hydrogen (secondary N) is 1. The van der Waals surface area contributed by atoms with Crippen LogP contribution in [0.5, 0.6) is 11.5 Å². The molecule has 8 nitrogen and oxygen atoms in total. The molecule has 0 bridgehead atoms. The van der Waals surface area contributed by atoms with E-state index in [4.69, 9.17) is 9.47 Å². The molecule has 6 rings (SSSR count). The number of ether oxygens (including phenoxy) is 2. The van der Waals surface area contributed by atoms with Gasteiger partial charge in [-0.15, -0.1) is 0 Å². The van der Waals surface area contributed by atoms with E-state index in [1.165, 1.54) is 4.43 Å². The van der Waals surface area contributed by atoms with Crippen LogP contribution in [0.4, 0.5) is 23.0 Å². The summed E-state index contributed by atoms with van der Waals surface area (Å²) < 4.78 is 11.6. The maximum absolute atomic E-state index is 5.20. The zero-order valence-corrected chi connectivity index (χ0v) is 28.0. The number of halogens is 1. The van der Waals surface area contributed by atoms with Gasteiger partial charge in [0.25, 0.3) is 0 Å². The smallest absolute Gasteiger partial charge is 0.144 e. The number of rotatable bonds is 6. The summed E-state index contributed by atoms with van der Waals surface area (Å²) in [5.74, 6) is 4.92. The summed E-state index contributed by atoms with van der Waals surface area (Å²) >= 11 is 2.29. The van der Waals surface area contributed by atoms with E-state index in [-0.39, 0.29) is 0 Å². The van der Waals surface area contributed by atoms with Gasteiger partial charge in [-0.2, -0.15) is 0 Å². The number of fused-ring (bicyclic) bond motifs is 2. The van der Waals surface area contributed by atoms with Crippen molar-refractivity contribution in [3.05, 3.63) is 109 Å². The van der Waals surface area contributed by atoms with Crippen molar-refractivity contribution in [1.82, 2.24) is 19.9 Å². The molecule has 0 aliphatic heterocycles. The van der Waals surface area contributed by atoms with Crippen molar-refractivity contribution in [2.75, 3.05) is 35.9 Å². The van der Waals surface area contributed by atoms with Gasteiger partial charge in [0, 0.05) is 29.2 Å². The molecular formula is C35H37IN6O2. The van der Waals surface area contributed by atoms with Crippen LogP contribution in [0.2, 0.25) is 0 Å². The Labute approximate surface area is 272 Å². The van der Waals surface area contributed by atoms with E-state index in [9.17, 15) is 0 Å². The number of benzene rings is 4. The first-order valence-electron chi connectivity index (χ1n) is 14.2. The summed E-state index contributed by atoms with van der Waals surface area (Å²) in [6.07, 6.45) is 0. The molecular weight excluding hydrogens is 661 g/mol. The van der Waals surface area contributed by atoms with Crippen molar-refractivity contribution in [2.24, 2.45) is 0 Å². The zero-order valence-electron chi connectivity index (χ0n) is 25.9. The molecule has 0 radical (unpaired) electrons. The Hall–Kier alpha value is -4.51. The third-order valence-corrected chi connectivity index (χ3v) is 6.54. The van der Waals surface area contributed by atoms with E-state index in [2.05, 4.69) is 59.7 Å². The van der Waals surface area contributed by atoms with Crippen LogP contribution in [0.3, 0.4) is 0 Å². The Morgan fingerprint density at radius 3 is 1.70 bits per heavy atom. The predicted octanol–water partition coefficient (Wildman–Crippen LogP) is 8.85. The molecule has 44 heavy (non-hydrogen) atoms. The Bertz CT molecular complexity index is 1800. The second-order valence-electron chi connectivity index (χ2n) is 9.63. The van der Waals surface area contributed by atoms with Gasteiger partial charge in [-0.25, -0.2) is 19.9 Å². The summed E-state index contributed by atoms with van der Waals surface area (Å²) in [4.78, 5) is 20.1. The minimum absolute atomic E-state index is 0.750. The predicted molar refractivity (Wildman–Crippen MR) is 190 cm³/mol. The third-order valence-electron chi connectivity index (χ3n) is 6.54. The first-order chi connectivity index (χ1) is 21.4. The van der Waals surface area contributed by atoms with Crippen LogP contribution < -0.4 is 19.7 Å². The molecule has 2 heterocycles. The molecule has 0 saturated heterocycles. The number of aromatic nitrogens is 4. The van der Waals surface area contributed by atoms with Gasteiger partial charge in [0.1, 0.15) is 34.8 Å². The quantitative estimate of drug-likeness (QED) is 0.137. The fourth-order valence-corrected chi connectivity index (χ4v) is 4.46. The number of methoxy groups -OCH3 is 2. The molecule has 226 valence electrons. The summed E-state index contributed by atoms with van der Waals surface area (Å²) in [6.45, 7) is 5.92. The lowest BCUT2D eigenvalue weighted by molar-refractivity contribution is 0.415. The van der Waals surface area contributed by atoms with Crippen molar-refractivity contribution < 1.29 is 9.47 Å². The highest BCUT2D eigenvalue weighted by molar-refractivity contribution is 14.1. The highest BCUT2D eigenvalue weighted by atomic mass is 127. The maximum Gasteiger partial charge on any atom is 0.144 e. The first kappa shape index (κ1) is 32.4. The number of nitrogens with zero attached hydrogens (tertiary/aromatic N) is 5. The number of anilines is 4. The topological polar surface area (TPSA) is 85.3 Å². The highest BCUT2D eigenvalue weighted by Gasteiger charge is 2.12. The fourth-order valence-electron chi connectivity index (χ4n) is 4.46. The lowest BCUT2D eigenvalue weighted by Gasteiger charge is -2.20. The number of alkyl halides is 1. The van der Waals surface area contributed by atoms with Crippen molar-refractivity contribution in [3.8, 4) is 11.5 Å². The van der Waals surface area contributed by atoms with E-state index < -0.39 is 0 Å². The van der Waals surface area contributed by atoms with Crippen molar-refractivity contribution in [2.45, 2.75) is 20.8 Å². The molecule has 0 fully saturated rings. The molecule has 4 aromatic carbocycles. The van der Waals surface area contributed by atoms with Gasteiger partial charge in [0.2, 0.25) is 0 Å². The summed E-state index contributed by atoms with van der Waals surface area (Å²) in [5, 5.41) is 5.38. The molecule has 0 saturated carbocycles. The lowest BCUT2D eigenvalue weighted by atomic mass is 10.1. The van der Waals surface area contributed by atoms with Crippen LogP contribution in [-0.4, -0.2) is 45.6 Å². The fraction of sp³-hybridized carbons (Fsp3) is 0.200. The summed E-state index contributed by atoms with van der Waals surface area (Å²) in [7, 11) is 5.33. The van der Waals surface area contributed by atoms with Gasteiger partial charge in [-0.05, 0) is 91.1 Å². The minimum Gasteiger partial charge on any atom is -0.497 e. The Balaban J connectivity index is 0.000000185. The SMILES string of the molecule is COc1ccc(N([11CH3])c2nc(C)nc3ccccc23)cc1.COc1ccc(Nc2nc(C)nc3ccccc23)cc1.C[11CH2]I. The van der Waals surface area contributed by atoms with E-state index in [0.29, 0.717) is 0 Å². The average Bonchev–Trinajstić information content (AvgIpc) is 3.05. The molecule has 0 unspecified atom stereocenters. The molecule has 0 aliphatic rings. The van der Waals surface area contributed by atoms with Crippen LogP contribution in [-0.2, 0) is 0 Å². The molecule has 0 amide bonds. The van der Waals surface area contributed by atoms with Crippen LogP contribution >= 0.6 is 22.6 Å². The van der Waals surface area contributed by atoms with Gasteiger partial charge in [-0.1, -0.05) is 53.8 Å². The zero-order chi connectivity index (χ0) is 31.5. The first-order valence-corrected chi connectivity index (χ1v) is 15.7. The van der Waals surface area contributed by atoms with Crippen molar-refractivity contribution >= 4 is 67.4 Å². The molecule has 6 aromatic rings. The van der Waals surface area contributed by atoms with E-state index in [1.807, 2.05) is 118 Å². The molecule has 0 spiro atoms. The van der Waals surface area contributed by atoms with Crippen molar-refractivity contribution in [1.29, 1.82) is 0 Å². The second kappa shape index (κ2) is 15.8. The average molecular weight is 699 g/mol. The van der Waals surface area contributed by atoms with Crippen molar-refractivity contribution in [3.63, 3.8) is 0 Å². The summed E-state index contributed by atoms with van der Waals surface area (Å²) in [6, 6.07) is 31.7. The number of hydrogen-bond acceptors (Lipinski definition) is 8. The van der Waals surface area contributed by atoms with E-state index in [0.717, 1.165) is 68.0 Å². The number of para-hydroxylation sites is 2. The van der Waals surface area contributed by atoms with E-state index >= 15 is 0 Å². The highest BCUT2D eigenvalue weighted by Crippen LogP contribution is 2.30. The molecule has 2 aromatic heterocycles. The third kappa shape index (κ3) is 8.31. The normalized spacial score (nSPS) is 10.2. The van der Waals surface area contributed by atoms with Gasteiger partial charge in [0.05, 0.1) is 25.3 Å². The van der Waals surface area contributed by atoms with Crippen LogP contribution in [0, 0.1) is 13.8 Å². The standard InChI is InChI=1S/C17H17N3O.C16H15N3O.C2H5I/c1-12-18-16-7-5-4-6-15(16)17(19-12)20(2)13-8-10-14(21-3)11-9-13;1-11-17-15-6-4-3-5-14(15)16(18-11)19-12-7-9-13(20-2)10-8-12;1-2-3/h4-11H,1-3H3;3-10H,1-2H3,(H,17,18,19);2H2,1H3/i2-1;;2-1. The lowest BCUT2D eigenvalue weighted by Crippen LogP contribution is -2.12. The number of aryl methyl sites for hydroxylation is 2. The monoisotopic (exact) mass is 698 g/mol. The maximum atomic E-state index is 5.20. The Kier molecular flexibility index (Phi) is 11.6. The molecule has 0 aliphatic carbocycles.